The molecule has 0 bridgehead atoms. The molecule has 3 nitrogen and oxygen atoms in total. The highest BCUT2D eigenvalue weighted by Gasteiger charge is 2.09. The van der Waals surface area contributed by atoms with Crippen molar-refractivity contribution >= 4 is 21.8 Å². The zero-order valence-electron chi connectivity index (χ0n) is 11.5. The summed E-state index contributed by atoms with van der Waals surface area (Å²) in [4.78, 5) is 11.8. The van der Waals surface area contributed by atoms with Crippen LogP contribution in [0.1, 0.15) is 50.6 Å². The zero-order valence-corrected chi connectivity index (χ0v) is 13.1. The summed E-state index contributed by atoms with van der Waals surface area (Å²) in [6.07, 6.45) is 4.79. The van der Waals surface area contributed by atoms with Gasteiger partial charge in [-0.3, -0.25) is 4.79 Å². The van der Waals surface area contributed by atoms with Gasteiger partial charge in [0.25, 0.3) is 0 Å². The highest BCUT2D eigenvalue weighted by molar-refractivity contribution is 9.10. The molecule has 0 aliphatic rings. The Labute approximate surface area is 124 Å². The Balaban J connectivity index is 2.28. The summed E-state index contributed by atoms with van der Waals surface area (Å²) in [5, 5.41) is 3.03. The summed E-state index contributed by atoms with van der Waals surface area (Å²) in [6, 6.07) is 8.07. The van der Waals surface area contributed by atoms with E-state index in [9.17, 15) is 4.79 Å². The lowest BCUT2D eigenvalue weighted by Crippen LogP contribution is -2.26. The lowest BCUT2D eigenvalue weighted by molar-refractivity contribution is -0.121. The number of hydrogen-bond acceptors (Lipinski definition) is 2. The van der Waals surface area contributed by atoms with Crippen LogP contribution in [0.3, 0.4) is 0 Å². The first-order chi connectivity index (χ1) is 9.13. The molecule has 0 aliphatic heterocycles. The molecule has 19 heavy (non-hydrogen) atoms. The van der Waals surface area contributed by atoms with Crippen LogP contribution in [0, 0.1) is 0 Å². The van der Waals surface area contributed by atoms with Gasteiger partial charge in [0.2, 0.25) is 5.91 Å². The van der Waals surface area contributed by atoms with Crippen molar-refractivity contribution < 1.29 is 4.79 Å². The molecule has 4 heteroatoms. The third kappa shape index (κ3) is 6.73. The topological polar surface area (TPSA) is 55.1 Å². The molecule has 0 aliphatic carbocycles. The van der Waals surface area contributed by atoms with Gasteiger partial charge >= 0.3 is 0 Å². The molecule has 1 aromatic rings. The maximum atomic E-state index is 11.8. The van der Waals surface area contributed by atoms with Crippen LogP contribution in [-0.4, -0.2) is 12.5 Å². The van der Waals surface area contributed by atoms with Gasteiger partial charge in [0.05, 0.1) is 6.04 Å². The van der Waals surface area contributed by atoms with E-state index in [2.05, 4.69) is 21.2 Å². The minimum absolute atomic E-state index is 0.0500. The molecule has 0 aromatic heterocycles. The second kappa shape index (κ2) is 9.10. The van der Waals surface area contributed by atoms with Gasteiger partial charge in [-0.1, -0.05) is 40.9 Å². The van der Waals surface area contributed by atoms with Gasteiger partial charge in [0.1, 0.15) is 0 Å². The van der Waals surface area contributed by atoms with Crippen molar-refractivity contribution in [3.8, 4) is 0 Å². The molecule has 0 saturated heterocycles. The predicted octanol–water partition coefficient (Wildman–Crippen LogP) is 3.54. The molecule has 1 aromatic carbocycles. The Morgan fingerprint density at radius 2 is 2.05 bits per heavy atom. The van der Waals surface area contributed by atoms with Crippen LogP contribution in [0.15, 0.2) is 28.7 Å². The summed E-state index contributed by atoms with van der Waals surface area (Å²) < 4.78 is 1.04. The fraction of sp³-hybridized carbons (Fsp3) is 0.533. The molecule has 1 amide bonds. The minimum Gasteiger partial charge on any atom is -0.350 e. The molecule has 3 N–H and O–H groups in total. The van der Waals surface area contributed by atoms with E-state index in [0.29, 0.717) is 6.42 Å². The first-order valence-electron chi connectivity index (χ1n) is 6.88. The van der Waals surface area contributed by atoms with Gasteiger partial charge in [0.15, 0.2) is 0 Å². The molecule has 0 saturated carbocycles. The Morgan fingerprint density at radius 3 is 2.74 bits per heavy atom. The SMILES string of the molecule is CC(NC(=O)CCCCCCN)c1cccc(Br)c1. The number of nitrogens with two attached hydrogens (primary N) is 1. The van der Waals surface area contributed by atoms with Crippen molar-refractivity contribution in [1.82, 2.24) is 5.32 Å². The molecule has 0 radical (unpaired) electrons. The van der Waals surface area contributed by atoms with E-state index in [4.69, 9.17) is 5.73 Å². The van der Waals surface area contributed by atoms with Gasteiger partial charge in [0, 0.05) is 10.9 Å². The smallest absolute Gasteiger partial charge is 0.220 e. The first-order valence-corrected chi connectivity index (χ1v) is 7.67. The highest BCUT2D eigenvalue weighted by atomic mass is 79.9. The molecular weight excluding hydrogens is 304 g/mol. The van der Waals surface area contributed by atoms with E-state index in [1.54, 1.807) is 0 Å². The number of rotatable bonds is 8. The van der Waals surface area contributed by atoms with Crippen LogP contribution in [0.5, 0.6) is 0 Å². The number of carbonyl (C=O) groups is 1. The Kier molecular flexibility index (Phi) is 7.75. The number of hydrogen-bond donors (Lipinski definition) is 2. The molecule has 1 unspecified atom stereocenters. The standard InChI is InChI=1S/C15H23BrN2O/c1-12(13-7-6-8-14(16)11-13)18-15(19)9-4-2-3-5-10-17/h6-8,11-12H,2-5,9-10,17H2,1H3,(H,18,19). The van der Waals surface area contributed by atoms with E-state index < -0.39 is 0 Å². The third-order valence-corrected chi connectivity index (χ3v) is 3.58. The summed E-state index contributed by atoms with van der Waals surface area (Å²) in [5.41, 5.74) is 6.55. The molecular formula is C15H23BrN2O. The second-order valence-corrected chi connectivity index (χ2v) is 5.71. The summed E-state index contributed by atoms with van der Waals surface area (Å²) >= 11 is 3.44. The maximum absolute atomic E-state index is 11.8. The molecule has 1 atom stereocenters. The predicted molar refractivity (Wildman–Crippen MR) is 82.8 cm³/mol. The lowest BCUT2D eigenvalue weighted by Gasteiger charge is -2.14. The van der Waals surface area contributed by atoms with Crippen LogP contribution in [0.2, 0.25) is 0 Å². The molecule has 0 spiro atoms. The largest absolute Gasteiger partial charge is 0.350 e. The summed E-state index contributed by atoms with van der Waals surface area (Å²) in [6.45, 7) is 2.75. The molecule has 0 fully saturated rings. The van der Waals surface area contributed by atoms with Gasteiger partial charge in [-0.2, -0.15) is 0 Å². The van der Waals surface area contributed by atoms with E-state index in [0.717, 1.165) is 42.3 Å². The van der Waals surface area contributed by atoms with Crippen LogP contribution in [-0.2, 0) is 4.79 Å². The van der Waals surface area contributed by atoms with Crippen LogP contribution < -0.4 is 11.1 Å². The minimum atomic E-state index is 0.0500. The van der Waals surface area contributed by atoms with Crippen molar-refractivity contribution in [3.63, 3.8) is 0 Å². The van der Waals surface area contributed by atoms with E-state index in [1.165, 1.54) is 0 Å². The quantitative estimate of drug-likeness (QED) is 0.718. The molecule has 0 heterocycles. The summed E-state index contributed by atoms with van der Waals surface area (Å²) in [5.74, 6) is 0.125. The number of amides is 1. The van der Waals surface area contributed by atoms with E-state index in [-0.39, 0.29) is 11.9 Å². The number of benzene rings is 1. The highest BCUT2D eigenvalue weighted by Crippen LogP contribution is 2.18. The second-order valence-electron chi connectivity index (χ2n) is 4.80. The van der Waals surface area contributed by atoms with Crippen molar-refractivity contribution in [1.29, 1.82) is 0 Å². The average molecular weight is 327 g/mol. The monoisotopic (exact) mass is 326 g/mol. The lowest BCUT2D eigenvalue weighted by atomic mass is 10.1. The van der Waals surface area contributed by atoms with Crippen LogP contribution in [0.4, 0.5) is 0 Å². The number of carbonyl (C=O) groups excluding carboxylic acids is 1. The average Bonchev–Trinajstić information content (AvgIpc) is 2.38. The van der Waals surface area contributed by atoms with E-state index in [1.807, 2.05) is 31.2 Å². The number of halogens is 1. The number of unbranched alkanes of at least 4 members (excludes halogenated alkanes) is 3. The van der Waals surface area contributed by atoms with Crippen LogP contribution >= 0.6 is 15.9 Å². The van der Waals surface area contributed by atoms with Gasteiger partial charge in [-0.15, -0.1) is 0 Å². The zero-order chi connectivity index (χ0) is 14.1. The molecule has 1 rings (SSSR count). The first kappa shape index (κ1) is 16.2. The fourth-order valence-electron chi connectivity index (χ4n) is 1.96. The van der Waals surface area contributed by atoms with Crippen molar-refractivity contribution in [2.45, 2.75) is 45.1 Å². The molecule has 106 valence electrons. The summed E-state index contributed by atoms with van der Waals surface area (Å²) in [7, 11) is 0. The van der Waals surface area contributed by atoms with Crippen molar-refractivity contribution in [2.75, 3.05) is 6.54 Å². The Bertz CT molecular complexity index is 395. The van der Waals surface area contributed by atoms with Crippen molar-refractivity contribution in [2.24, 2.45) is 5.73 Å². The fourth-order valence-corrected chi connectivity index (χ4v) is 2.37. The van der Waals surface area contributed by atoms with E-state index >= 15 is 0 Å². The van der Waals surface area contributed by atoms with Crippen LogP contribution in [0.25, 0.3) is 0 Å². The Morgan fingerprint density at radius 1 is 1.32 bits per heavy atom. The maximum Gasteiger partial charge on any atom is 0.220 e. The normalized spacial score (nSPS) is 12.2. The Hall–Kier alpha value is -0.870. The van der Waals surface area contributed by atoms with Gasteiger partial charge < -0.3 is 11.1 Å². The van der Waals surface area contributed by atoms with Gasteiger partial charge in [-0.05, 0) is 44.0 Å². The van der Waals surface area contributed by atoms with Gasteiger partial charge in [-0.25, -0.2) is 0 Å². The third-order valence-electron chi connectivity index (χ3n) is 3.08. The van der Waals surface area contributed by atoms with Crippen molar-refractivity contribution in [3.05, 3.63) is 34.3 Å². The number of nitrogens with one attached hydrogen (secondary N) is 1.